The van der Waals surface area contributed by atoms with Crippen molar-refractivity contribution in [2.24, 2.45) is 0 Å². The number of carbonyl (C=O) groups excluding carboxylic acids is 3. The van der Waals surface area contributed by atoms with Crippen molar-refractivity contribution < 1.29 is 28.6 Å². The lowest BCUT2D eigenvalue weighted by molar-refractivity contribution is -0.142. The minimum atomic E-state index is -0.469. The Labute approximate surface area is 156 Å². The van der Waals surface area contributed by atoms with Gasteiger partial charge in [-0.1, -0.05) is 18.2 Å². The summed E-state index contributed by atoms with van der Waals surface area (Å²) in [5.41, 5.74) is 1.66. The topological polar surface area (TPSA) is 90.9 Å². The Balaban J connectivity index is 1.52. The summed E-state index contributed by atoms with van der Waals surface area (Å²) in [7, 11) is 1.57. The minimum Gasteiger partial charge on any atom is -0.496 e. The van der Waals surface area contributed by atoms with E-state index < -0.39 is 5.97 Å². The second-order valence-electron chi connectivity index (χ2n) is 5.94. The summed E-state index contributed by atoms with van der Waals surface area (Å²) in [6, 6.07) is 12.1. The maximum atomic E-state index is 12.2. The van der Waals surface area contributed by atoms with Crippen LogP contribution in [-0.2, 0) is 20.7 Å². The number of methoxy groups -OCH3 is 1. The first-order chi connectivity index (χ1) is 13.1. The lowest BCUT2D eigenvalue weighted by Gasteiger charge is -2.18. The first kappa shape index (κ1) is 18.4. The molecule has 1 N–H and O–H groups in total. The average molecular weight is 369 g/mol. The van der Waals surface area contributed by atoms with Gasteiger partial charge in [-0.15, -0.1) is 0 Å². The Morgan fingerprint density at radius 2 is 2.00 bits per heavy atom. The first-order valence-corrected chi connectivity index (χ1v) is 8.44. The van der Waals surface area contributed by atoms with Crippen molar-refractivity contribution in [2.45, 2.75) is 12.8 Å². The molecular weight excluding hydrogens is 350 g/mol. The highest BCUT2D eigenvalue weighted by atomic mass is 16.5. The van der Waals surface area contributed by atoms with E-state index in [9.17, 15) is 14.4 Å². The largest absolute Gasteiger partial charge is 0.496 e. The zero-order valence-electron chi connectivity index (χ0n) is 14.8. The molecule has 0 fully saturated rings. The summed E-state index contributed by atoms with van der Waals surface area (Å²) in [6.07, 6.45) is 0.598. The quantitative estimate of drug-likeness (QED) is 0.595. The van der Waals surface area contributed by atoms with Gasteiger partial charge in [0, 0.05) is 12.0 Å². The monoisotopic (exact) mass is 369 g/mol. The van der Waals surface area contributed by atoms with Crippen molar-refractivity contribution in [1.82, 2.24) is 0 Å². The smallest absolute Gasteiger partial charge is 0.306 e. The van der Waals surface area contributed by atoms with Crippen LogP contribution in [0.4, 0.5) is 5.69 Å². The van der Waals surface area contributed by atoms with Crippen molar-refractivity contribution in [3.63, 3.8) is 0 Å². The Morgan fingerprint density at radius 3 is 2.81 bits per heavy atom. The number of carbonyl (C=O) groups is 3. The average Bonchev–Trinajstić information content (AvgIpc) is 2.70. The number of aryl methyl sites for hydroxylation is 1. The predicted octanol–water partition coefficient (Wildman–Crippen LogP) is 2.38. The van der Waals surface area contributed by atoms with Gasteiger partial charge in [0.2, 0.25) is 0 Å². The molecule has 0 radical (unpaired) electrons. The van der Waals surface area contributed by atoms with Crippen molar-refractivity contribution in [3.05, 3.63) is 53.6 Å². The first-order valence-electron chi connectivity index (χ1n) is 8.44. The zero-order chi connectivity index (χ0) is 19.2. The number of para-hydroxylation sites is 1. The van der Waals surface area contributed by atoms with Crippen LogP contribution in [0.15, 0.2) is 42.5 Å². The molecule has 2 aromatic carbocycles. The van der Waals surface area contributed by atoms with E-state index in [1.165, 1.54) is 6.07 Å². The SMILES string of the molecule is COc1ccccc1CCC(=O)OCC(=O)c1ccc2c(c1)NC(=O)CO2. The van der Waals surface area contributed by atoms with Gasteiger partial charge in [-0.05, 0) is 36.2 Å². The van der Waals surface area contributed by atoms with Crippen LogP contribution in [0.1, 0.15) is 22.3 Å². The Hall–Kier alpha value is -3.35. The lowest BCUT2D eigenvalue weighted by Crippen LogP contribution is -2.25. The van der Waals surface area contributed by atoms with E-state index in [4.69, 9.17) is 14.2 Å². The summed E-state index contributed by atoms with van der Waals surface area (Å²) in [5.74, 6) is 0.0987. The van der Waals surface area contributed by atoms with Gasteiger partial charge in [-0.2, -0.15) is 0 Å². The van der Waals surface area contributed by atoms with Crippen LogP contribution in [0.3, 0.4) is 0 Å². The number of rotatable bonds is 7. The number of fused-ring (bicyclic) bond motifs is 1. The van der Waals surface area contributed by atoms with Gasteiger partial charge in [0.1, 0.15) is 11.5 Å². The predicted molar refractivity (Wildman–Crippen MR) is 97.2 cm³/mol. The van der Waals surface area contributed by atoms with Crippen LogP contribution >= 0.6 is 0 Å². The molecule has 1 aliphatic heterocycles. The molecule has 1 aliphatic rings. The summed E-state index contributed by atoms with van der Waals surface area (Å²) in [6.45, 7) is -0.414. The number of benzene rings is 2. The Bertz CT molecular complexity index is 877. The molecule has 0 atom stereocenters. The van der Waals surface area contributed by atoms with E-state index in [2.05, 4.69) is 5.32 Å². The molecule has 1 heterocycles. The third-order valence-corrected chi connectivity index (χ3v) is 4.09. The molecule has 2 aromatic rings. The van der Waals surface area contributed by atoms with Crippen molar-refractivity contribution >= 4 is 23.3 Å². The van der Waals surface area contributed by atoms with Gasteiger partial charge in [0.25, 0.3) is 5.91 Å². The van der Waals surface area contributed by atoms with Crippen molar-refractivity contribution in [2.75, 3.05) is 25.6 Å². The molecular formula is C20H19NO6. The number of ketones is 1. The molecule has 27 heavy (non-hydrogen) atoms. The standard InChI is InChI=1S/C20H19NO6/c1-25-17-5-3-2-4-13(17)7-9-20(24)27-11-16(22)14-6-8-18-15(10-14)21-19(23)12-26-18/h2-6,8,10H,7,9,11-12H2,1H3,(H,21,23). The second kappa shape index (κ2) is 8.35. The number of anilines is 1. The van der Waals surface area contributed by atoms with Gasteiger partial charge < -0.3 is 19.5 Å². The highest BCUT2D eigenvalue weighted by Gasteiger charge is 2.18. The molecule has 0 aliphatic carbocycles. The number of ether oxygens (including phenoxy) is 3. The summed E-state index contributed by atoms with van der Waals surface area (Å²) in [5, 5.41) is 2.63. The third kappa shape index (κ3) is 4.63. The number of nitrogens with one attached hydrogen (secondary N) is 1. The van der Waals surface area contributed by atoms with E-state index >= 15 is 0 Å². The fourth-order valence-electron chi connectivity index (χ4n) is 2.70. The van der Waals surface area contributed by atoms with E-state index in [-0.39, 0.29) is 31.3 Å². The number of amides is 1. The van der Waals surface area contributed by atoms with Crippen LogP contribution in [0, 0.1) is 0 Å². The molecule has 3 rings (SSSR count). The van der Waals surface area contributed by atoms with E-state index in [0.717, 1.165) is 5.56 Å². The van der Waals surface area contributed by atoms with Crippen LogP contribution in [-0.4, -0.2) is 38.0 Å². The maximum absolute atomic E-state index is 12.2. The third-order valence-electron chi connectivity index (χ3n) is 4.09. The van der Waals surface area contributed by atoms with Crippen LogP contribution in [0.25, 0.3) is 0 Å². The van der Waals surface area contributed by atoms with E-state index in [1.54, 1.807) is 19.2 Å². The Kier molecular flexibility index (Phi) is 5.71. The van der Waals surface area contributed by atoms with E-state index in [0.29, 0.717) is 29.2 Å². The normalized spacial score (nSPS) is 12.4. The molecule has 0 spiro atoms. The van der Waals surface area contributed by atoms with Gasteiger partial charge in [-0.3, -0.25) is 14.4 Å². The van der Waals surface area contributed by atoms with Gasteiger partial charge in [0.15, 0.2) is 19.0 Å². The fourth-order valence-corrected chi connectivity index (χ4v) is 2.70. The highest BCUT2D eigenvalue weighted by molar-refractivity contribution is 6.01. The number of Topliss-reactive ketones (excluding diaryl/α,β-unsaturated/α-hetero) is 1. The molecule has 7 heteroatoms. The fraction of sp³-hybridized carbons (Fsp3) is 0.250. The number of hydrogen-bond acceptors (Lipinski definition) is 6. The molecule has 0 unspecified atom stereocenters. The van der Waals surface area contributed by atoms with Gasteiger partial charge in [0.05, 0.1) is 12.8 Å². The Morgan fingerprint density at radius 1 is 1.19 bits per heavy atom. The zero-order valence-corrected chi connectivity index (χ0v) is 14.8. The molecule has 0 bridgehead atoms. The molecule has 0 saturated carbocycles. The van der Waals surface area contributed by atoms with E-state index in [1.807, 2.05) is 24.3 Å². The number of esters is 1. The summed E-state index contributed by atoms with van der Waals surface area (Å²) >= 11 is 0. The molecule has 7 nitrogen and oxygen atoms in total. The van der Waals surface area contributed by atoms with Crippen LogP contribution in [0.5, 0.6) is 11.5 Å². The van der Waals surface area contributed by atoms with Crippen molar-refractivity contribution in [1.29, 1.82) is 0 Å². The molecule has 140 valence electrons. The molecule has 0 saturated heterocycles. The summed E-state index contributed by atoms with van der Waals surface area (Å²) < 4.78 is 15.6. The van der Waals surface area contributed by atoms with Gasteiger partial charge in [-0.25, -0.2) is 0 Å². The molecule has 0 aromatic heterocycles. The number of hydrogen-bond donors (Lipinski definition) is 1. The minimum absolute atomic E-state index is 0.0515. The maximum Gasteiger partial charge on any atom is 0.306 e. The second-order valence-corrected chi connectivity index (χ2v) is 5.94. The van der Waals surface area contributed by atoms with Crippen LogP contribution < -0.4 is 14.8 Å². The highest BCUT2D eigenvalue weighted by Crippen LogP contribution is 2.28. The van der Waals surface area contributed by atoms with Crippen molar-refractivity contribution in [3.8, 4) is 11.5 Å². The van der Waals surface area contributed by atoms with Gasteiger partial charge >= 0.3 is 5.97 Å². The van der Waals surface area contributed by atoms with Crippen LogP contribution in [0.2, 0.25) is 0 Å². The molecule has 1 amide bonds. The lowest BCUT2D eigenvalue weighted by atomic mass is 10.1. The summed E-state index contributed by atoms with van der Waals surface area (Å²) in [4.78, 5) is 35.5.